The molecule has 0 heterocycles. The van der Waals surface area contributed by atoms with Gasteiger partial charge >= 0.3 is 0 Å². The molecule has 0 aromatic heterocycles. The van der Waals surface area contributed by atoms with E-state index in [0.717, 1.165) is 0 Å². The molecule has 6 heteroatoms. The van der Waals surface area contributed by atoms with Gasteiger partial charge in [-0.3, -0.25) is 8.42 Å². The van der Waals surface area contributed by atoms with Gasteiger partial charge in [0.1, 0.15) is 0 Å². The number of allylic oxidation sites excluding steroid dienone is 2. The summed E-state index contributed by atoms with van der Waals surface area (Å²) in [5.74, 6) is 0. The van der Waals surface area contributed by atoms with Gasteiger partial charge in [-0.2, -0.15) is 0 Å². The van der Waals surface area contributed by atoms with Gasteiger partial charge in [-0.1, -0.05) is 34.3 Å². The van der Waals surface area contributed by atoms with Crippen molar-refractivity contribution in [3.63, 3.8) is 0 Å². The molecule has 0 spiro atoms. The predicted molar refractivity (Wildman–Crippen MR) is 43.8 cm³/mol. The van der Waals surface area contributed by atoms with Crippen LogP contribution in [0, 0.1) is 0 Å². The second-order valence-electron chi connectivity index (χ2n) is 2.54. The molecule has 4 nitrogen and oxygen atoms in total. The van der Waals surface area contributed by atoms with Crippen LogP contribution in [0.25, 0.3) is 0 Å². The molecule has 0 aromatic rings. The lowest BCUT2D eigenvalue weighted by Crippen LogP contribution is -2.35. The second kappa shape index (κ2) is 4.27. The summed E-state index contributed by atoms with van der Waals surface area (Å²) in [5, 5.41) is -1.54. The standard InChI is InChI=1S/C6H10O4S2/c7-11(8)5-3-1-2-4-6(5)12(9)10/h1-2,5-6H,3-4H2,(H,7,8)(H,9,10)/p-2. The Morgan fingerprint density at radius 3 is 1.58 bits per heavy atom. The molecule has 4 unspecified atom stereocenters. The average Bonchev–Trinajstić information content (AvgIpc) is 2.04. The Hall–Kier alpha value is -0.0400. The van der Waals surface area contributed by atoms with Gasteiger partial charge in [0.25, 0.3) is 0 Å². The fourth-order valence-corrected chi connectivity index (χ4v) is 2.97. The van der Waals surface area contributed by atoms with Crippen molar-refractivity contribution in [3.8, 4) is 0 Å². The normalized spacial score (nSPS) is 34.5. The second-order valence-corrected chi connectivity index (χ2v) is 4.79. The van der Waals surface area contributed by atoms with Crippen LogP contribution in [0.15, 0.2) is 12.2 Å². The quantitative estimate of drug-likeness (QED) is 0.466. The molecule has 0 N–H and O–H groups in total. The van der Waals surface area contributed by atoms with Crippen LogP contribution in [-0.2, 0) is 22.2 Å². The van der Waals surface area contributed by atoms with Crippen LogP contribution in [-0.4, -0.2) is 28.0 Å². The molecule has 0 radical (unpaired) electrons. The van der Waals surface area contributed by atoms with E-state index in [1.54, 1.807) is 12.2 Å². The van der Waals surface area contributed by atoms with Gasteiger partial charge in [0.05, 0.1) is 0 Å². The molecular formula is C6H8O4S2-2. The summed E-state index contributed by atoms with van der Waals surface area (Å²) in [7, 11) is 0. The maximum Gasteiger partial charge on any atom is 0.0385 e. The Bertz CT molecular complexity index is 214. The number of hydrogen-bond acceptors (Lipinski definition) is 4. The molecule has 1 aliphatic rings. The Morgan fingerprint density at radius 1 is 1.00 bits per heavy atom. The molecule has 0 bridgehead atoms. The molecule has 1 rings (SSSR count). The number of rotatable bonds is 2. The fourth-order valence-electron chi connectivity index (χ4n) is 1.17. The highest BCUT2D eigenvalue weighted by molar-refractivity contribution is 7.84. The summed E-state index contributed by atoms with van der Waals surface area (Å²) in [6.07, 6.45) is 4.00. The van der Waals surface area contributed by atoms with Gasteiger partial charge in [-0.15, -0.1) is 0 Å². The lowest BCUT2D eigenvalue weighted by Gasteiger charge is -2.31. The Kier molecular flexibility index (Phi) is 3.57. The van der Waals surface area contributed by atoms with Gasteiger partial charge < -0.3 is 9.11 Å². The van der Waals surface area contributed by atoms with Gasteiger partial charge in [0.2, 0.25) is 0 Å². The first-order chi connectivity index (χ1) is 5.63. The van der Waals surface area contributed by atoms with Crippen molar-refractivity contribution in [1.82, 2.24) is 0 Å². The summed E-state index contributed by atoms with van der Waals surface area (Å²) in [4.78, 5) is 0. The average molecular weight is 208 g/mol. The van der Waals surface area contributed by atoms with Crippen LogP contribution in [0.4, 0.5) is 0 Å². The third-order valence-corrected chi connectivity index (χ3v) is 4.02. The molecule has 0 aliphatic heterocycles. The fraction of sp³-hybridized carbons (Fsp3) is 0.667. The maximum atomic E-state index is 10.6. The molecule has 12 heavy (non-hydrogen) atoms. The summed E-state index contributed by atoms with van der Waals surface area (Å²) in [6.45, 7) is 0. The van der Waals surface area contributed by atoms with E-state index in [2.05, 4.69) is 0 Å². The topological polar surface area (TPSA) is 80.3 Å². The van der Waals surface area contributed by atoms with E-state index in [0.29, 0.717) is 12.8 Å². The highest BCUT2D eigenvalue weighted by Crippen LogP contribution is 2.20. The molecule has 1 aliphatic carbocycles. The highest BCUT2D eigenvalue weighted by atomic mass is 32.2. The monoisotopic (exact) mass is 208 g/mol. The zero-order valence-electron chi connectivity index (χ0n) is 6.17. The minimum absolute atomic E-state index is 0.300. The predicted octanol–water partition coefficient (Wildman–Crippen LogP) is -0.168. The molecule has 0 aromatic carbocycles. The first-order valence-electron chi connectivity index (χ1n) is 3.44. The molecule has 0 fully saturated rings. The molecule has 4 atom stereocenters. The van der Waals surface area contributed by atoms with E-state index in [4.69, 9.17) is 0 Å². The minimum atomic E-state index is -2.30. The van der Waals surface area contributed by atoms with Gasteiger partial charge in [-0.05, 0) is 12.8 Å². The highest BCUT2D eigenvalue weighted by Gasteiger charge is 2.23. The lowest BCUT2D eigenvalue weighted by atomic mass is 10.1. The van der Waals surface area contributed by atoms with E-state index in [1.807, 2.05) is 0 Å². The third kappa shape index (κ3) is 2.22. The van der Waals surface area contributed by atoms with E-state index in [9.17, 15) is 17.5 Å². The lowest BCUT2D eigenvalue weighted by molar-refractivity contribution is 0.491. The largest absolute Gasteiger partial charge is 0.772 e. The summed E-state index contributed by atoms with van der Waals surface area (Å²) < 4.78 is 42.2. The van der Waals surface area contributed by atoms with Gasteiger partial charge in [0.15, 0.2) is 0 Å². The maximum absolute atomic E-state index is 10.6. The van der Waals surface area contributed by atoms with Crippen LogP contribution in [0.5, 0.6) is 0 Å². The van der Waals surface area contributed by atoms with Crippen molar-refractivity contribution in [3.05, 3.63) is 12.2 Å². The van der Waals surface area contributed by atoms with Gasteiger partial charge in [-0.25, -0.2) is 0 Å². The van der Waals surface area contributed by atoms with Crippen molar-refractivity contribution in [2.24, 2.45) is 0 Å². The van der Waals surface area contributed by atoms with Crippen LogP contribution >= 0.6 is 0 Å². The van der Waals surface area contributed by atoms with E-state index in [-0.39, 0.29) is 0 Å². The summed E-state index contributed by atoms with van der Waals surface area (Å²) in [6, 6.07) is 0. The first-order valence-corrected chi connectivity index (χ1v) is 5.71. The molecular weight excluding hydrogens is 200 g/mol. The van der Waals surface area contributed by atoms with Gasteiger partial charge in [0, 0.05) is 10.5 Å². The van der Waals surface area contributed by atoms with Crippen molar-refractivity contribution in [2.45, 2.75) is 23.3 Å². The molecule has 0 saturated heterocycles. The first kappa shape index (κ1) is 10.0. The smallest absolute Gasteiger partial charge is 0.0385 e. The zero-order valence-corrected chi connectivity index (χ0v) is 7.81. The van der Waals surface area contributed by atoms with Crippen molar-refractivity contribution in [2.75, 3.05) is 0 Å². The van der Waals surface area contributed by atoms with Crippen LogP contribution < -0.4 is 0 Å². The van der Waals surface area contributed by atoms with Crippen molar-refractivity contribution in [1.29, 1.82) is 0 Å². The zero-order chi connectivity index (χ0) is 9.14. The molecule has 0 saturated carbocycles. The van der Waals surface area contributed by atoms with Crippen LogP contribution in [0.3, 0.4) is 0 Å². The third-order valence-electron chi connectivity index (χ3n) is 1.81. The minimum Gasteiger partial charge on any atom is -0.772 e. The number of hydrogen-bond donors (Lipinski definition) is 0. The summed E-state index contributed by atoms with van der Waals surface area (Å²) >= 11 is -4.59. The molecule has 70 valence electrons. The summed E-state index contributed by atoms with van der Waals surface area (Å²) in [5.41, 5.74) is 0. The van der Waals surface area contributed by atoms with Crippen molar-refractivity contribution >= 4 is 22.2 Å². The van der Waals surface area contributed by atoms with Crippen molar-refractivity contribution < 1.29 is 17.5 Å². The van der Waals surface area contributed by atoms with Crippen LogP contribution in [0.1, 0.15) is 12.8 Å². The SMILES string of the molecule is O=S([O-])C1CC=CCC1S(=O)[O-]. The Morgan fingerprint density at radius 2 is 1.33 bits per heavy atom. The molecule has 0 amide bonds. The van der Waals surface area contributed by atoms with Crippen LogP contribution in [0.2, 0.25) is 0 Å². The Labute approximate surface area is 75.6 Å². The Balaban J connectivity index is 2.76. The van der Waals surface area contributed by atoms with E-state index >= 15 is 0 Å². The van der Waals surface area contributed by atoms with E-state index < -0.39 is 32.7 Å². The van der Waals surface area contributed by atoms with E-state index in [1.165, 1.54) is 0 Å².